The lowest BCUT2D eigenvalue weighted by atomic mass is 10.2. The predicted octanol–water partition coefficient (Wildman–Crippen LogP) is 2.88. The largest absolute Gasteiger partial charge is 0.441 e. The molecule has 2 rings (SSSR count). The normalized spacial score (nSPS) is 12.3. The highest BCUT2D eigenvalue weighted by atomic mass is 32.2. The summed E-state index contributed by atoms with van der Waals surface area (Å²) in [6.07, 6.45) is 2.01. The van der Waals surface area contributed by atoms with E-state index in [1.54, 1.807) is 18.8 Å². The maximum Gasteiger partial charge on any atom is 0.192 e. The van der Waals surface area contributed by atoms with Gasteiger partial charge in [-0.2, -0.15) is 0 Å². The second-order valence-corrected chi connectivity index (χ2v) is 3.94. The smallest absolute Gasteiger partial charge is 0.192 e. The lowest BCUT2D eigenvalue weighted by Gasteiger charge is -2.00. The van der Waals surface area contributed by atoms with E-state index < -0.39 is 0 Å². The van der Waals surface area contributed by atoms with Crippen LogP contribution in [-0.2, 0) is 0 Å². The fourth-order valence-corrected chi connectivity index (χ4v) is 2.06. The Balaban J connectivity index is 2.55. The molecule has 0 radical (unpaired) electrons. The highest BCUT2D eigenvalue weighted by Gasteiger charge is 2.06. The fourth-order valence-electron chi connectivity index (χ4n) is 1.51. The quantitative estimate of drug-likeness (QED) is 0.548. The number of oxazole rings is 1. The van der Waals surface area contributed by atoms with Crippen LogP contribution in [0.3, 0.4) is 0 Å². The Hall–Kier alpha value is -1.29. The van der Waals surface area contributed by atoms with Crippen molar-refractivity contribution in [1.29, 1.82) is 0 Å². The van der Waals surface area contributed by atoms with Crippen LogP contribution in [0.2, 0.25) is 0 Å². The van der Waals surface area contributed by atoms with E-state index in [4.69, 9.17) is 4.42 Å². The van der Waals surface area contributed by atoms with Crippen LogP contribution in [0.25, 0.3) is 11.1 Å². The van der Waals surface area contributed by atoms with Gasteiger partial charge in [0.15, 0.2) is 11.5 Å². The van der Waals surface area contributed by atoms with Crippen LogP contribution in [0.15, 0.2) is 27.6 Å². The summed E-state index contributed by atoms with van der Waals surface area (Å²) in [7, 11) is 1.80. The van der Waals surface area contributed by atoms with Crippen molar-refractivity contribution in [1.82, 2.24) is 4.98 Å². The van der Waals surface area contributed by atoms with Crippen molar-refractivity contribution in [2.45, 2.75) is 6.92 Å². The molecular formula is C11H12N2OS. The van der Waals surface area contributed by atoms with Crippen molar-refractivity contribution in [3.05, 3.63) is 29.7 Å². The molecule has 1 aromatic heterocycles. The lowest BCUT2D eigenvalue weighted by molar-refractivity contribution is 0.561. The number of rotatable bonds is 1. The van der Waals surface area contributed by atoms with Gasteiger partial charge in [-0.3, -0.25) is 4.99 Å². The van der Waals surface area contributed by atoms with Crippen molar-refractivity contribution in [2.75, 3.05) is 13.3 Å². The molecule has 0 saturated heterocycles. The third-order valence-corrected chi connectivity index (χ3v) is 2.94. The Morgan fingerprint density at radius 3 is 2.93 bits per heavy atom. The second kappa shape index (κ2) is 4.06. The molecule has 0 N–H and O–H groups in total. The maximum atomic E-state index is 5.41. The predicted molar refractivity (Wildman–Crippen MR) is 64.7 cm³/mol. The molecule has 15 heavy (non-hydrogen) atoms. The Labute approximate surface area is 92.6 Å². The first-order chi connectivity index (χ1) is 7.24. The van der Waals surface area contributed by atoms with Crippen LogP contribution in [0.4, 0.5) is 0 Å². The first kappa shape index (κ1) is 10.2. The third kappa shape index (κ3) is 1.90. The lowest BCUT2D eigenvalue weighted by Crippen LogP contribution is -1.93. The summed E-state index contributed by atoms with van der Waals surface area (Å²) in [6.45, 7) is 1.85. The van der Waals surface area contributed by atoms with Crippen LogP contribution < -0.4 is 0 Å². The van der Waals surface area contributed by atoms with Crippen LogP contribution in [0, 0.1) is 6.92 Å². The Bertz CT molecular complexity index is 516. The van der Waals surface area contributed by atoms with Crippen molar-refractivity contribution in [2.24, 2.45) is 4.99 Å². The van der Waals surface area contributed by atoms with E-state index in [9.17, 15) is 0 Å². The summed E-state index contributed by atoms with van der Waals surface area (Å²) >= 11 is 1.63. The number of aliphatic imine (C=N–C) groups is 1. The average molecular weight is 220 g/mol. The van der Waals surface area contributed by atoms with Gasteiger partial charge in [0, 0.05) is 19.5 Å². The summed E-state index contributed by atoms with van der Waals surface area (Å²) in [4.78, 5) is 8.51. The van der Waals surface area contributed by atoms with Crippen molar-refractivity contribution >= 4 is 27.9 Å². The van der Waals surface area contributed by atoms with Gasteiger partial charge in [-0.05, 0) is 24.5 Å². The summed E-state index contributed by atoms with van der Waals surface area (Å²) in [6, 6.07) is 5.95. The first-order valence-corrected chi connectivity index (χ1v) is 5.85. The monoisotopic (exact) mass is 220 g/mol. The van der Waals surface area contributed by atoms with Crippen LogP contribution in [0.5, 0.6) is 0 Å². The summed E-state index contributed by atoms with van der Waals surface area (Å²) < 4.78 is 5.41. The van der Waals surface area contributed by atoms with Crippen molar-refractivity contribution in [3.8, 4) is 0 Å². The van der Waals surface area contributed by atoms with Gasteiger partial charge in [-0.15, -0.1) is 11.8 Å². The zero-order chi connectivity index (χ0) is 10.8. The number of nitrogens with zero attached hydrogens (tertiary/aromatic N) is 2. The van der Waals surface area contributed by atoms with E-state index in [0.717, 1.165) is 21.7 Å². The molecule has 2 aromatic rings. The molecule has 0 unspecified atom stereocenters. The van der Waals surface area contributed by atoms with Gasteiger partial charge in [-0.1, -0.05) is 0 Å². The topological polar surface area (TPSA) is 38.4 Å². The highest BCUT2D eigenvalue weighted by Crippen LogP contribution is 2.19. The zero-order valence-corrected chi connectivity index (χ0v) is 9.76. The van der Waals surface area contributed by atoms with Gasteiger partial charge in [0.25, 0.3) is 0 Å². The Morgan fingerprint density at radius 2 is 2.27 bits per heavy atom. The highest BCUT2D eigenvalue weighted by molar-refractivity contribution is 8.13. The molecule has 0 aliphatic rings. The SMILES string of the molecule is CN=C(SC)c1ccc2oc(C)nc2c1. The number of aromatic nitrogens is 1. The molecule has 0 amide bonds. The Kier molecular flexibility index (Phi) is 2.77. The standard InChI is InChI=1S/C11H12N2OS/c1-7-13-9-6-8(11(12-2)15-3)4-5-10(9)14-7/h4-6H,1-3H3. The molecular weight excluding hydrogens is 208 g/mol. The molecule has 1 aromatic carbocycles. The third-order valence-electron chi connectivity index (χ3n) is 2.14. The molecule has 0 fully saturated rings. The van der Waals surface area contributed by atoms with Gasteiger partial charge in [0.2, 0.25) is 0 Å². The molecule has 0 atom stereocenters. The molecule has 78 valence electrons. The van der Waals surface area contributed by atoms with E-state index in [0.29, 0.717) is 5.89 Å². The minimum absolute atomic E-state index is 0.696. The zero-order valence-electron chi connectivity index (χ0n) is 8.94. The van der Waals surface area contributed by atoms with E-state index in [-0.39, 0.29) is 0 Å². The van der Waals surface area contributed by atoms with Crippen molar-refractivity contribution in [3.63, 3.8) is 0 Å². The first-order valence-electron chi connectivity index (χ1n) is 4.63. The summed E-state index contributed by atoms with van der Waals surface area (Å²) in [5, 5.41) is 1.01. The average Bonchev–Trinajstić information content (AvgIpc) is 2.59. The fraction of sp³-hybridized carbons (Fsp3) is 0.273. The van der Waals surface area contributed by atoms with Gasteiger partial charge in [0.05, 0.1) is 5.04 Å². The molecule has 0 aliphatic carbocycles. The number of thioether (sulfide) groups is 1. The van der Waals surface area contributed by atoms with Crippen molar-refractivity contribution < 1.29 is 4.42 Å². The number of aryl methyl sites for hydroxylation is 1. The minimum atomic E-state index is 0.696. The molecule has 0 bridgehead atoms. The number of hydrogen-bond donors (Lipinski definition) is 0. The number of fused-ring (bicyclic) bond motifs is 1. The van der Waals surface area contributed by atoms with Gasteiger partial charge >= 0.3 is 0 Å². The number of hydrogen-bond acceptors (Lipinski definition) is 4. The van der Waals surface area contributed by atoms with Gasteiger partial charge in [-0.25, -0.2) is 4.98 Å². The van der Waals surface area contributed by atoms with E-state index >= 15 is 0 Å². The molecule has 1 heterocycles. The van der Waals surface area contributed by atoms with Crippen LogP contribution in [0.1, 0.15) is 11.5 Å². The Morgan fingerprint density at radius 1 is 1.47 bits per heavy atom. The van der Waals surface area contributed by atoms with E-state index in [1.807, 2.05) is 31.4 Å². The molecule has 4 heteroatoms. The second-order valence-electron chi connectivity index (χ2n) is 3.15. The number of benzene rings is 1. The molecule has 0 aliphatic heterocycles. The molecule has 3 nitrogen and oxygen atoms in total. The van der Waals surface area contributed by atoms with Crippen LogP contribution >= 0.6 is 11.8 Å². The summed E-state index contributed by atoms with van der Waals surface area (Å²) in [5.41, 5.74) is 2.80. The molecule has 0 spiro atoms. The molecule has 0 saturated carbocycles. The summed E-state index contributed by atoms with van der Waals surface area (Å²) in [5.74, 6) is 0.696. The van der Waals surface area contributed by atoms with E-state index in [1.165, 1.54) is 0 Å². The minimum Gasteiger partial charge on any atom is -0.441 e. The van der Waals surface area contributed by atoms with Crippen LogP contribution in [-0.4, -0.2) is 23.3 Å². The van der Waals surface area contributed by atoms with Gasteiger partial charge in [0.1, 0.15) is 5.52 Å². The van der Waals surface area contributed by atoms with E-state index in [2.05, 4.69) is 9.98 Å². The van der Waals surface area contributed by atoms with Gasteiger partial charge < -0.3 is 4.42 Å². The maximum absolute atomic E-state index is 5.41.